The number of aliphatic hydroxyl groups excluding tert-OH is 1. The highest BCUT2D eigenvalue weighted by Gasteiger charge is 2.65. The van der Waals surface area contributed by atoms with Gasteiger partial charge in [0.05, 0.1) is 28.9 Å². The molecule has 2 amide bonds. The van der Waals surface area contributed by atoms with Gasteiger partial charge in [0, 0.05) is 22.5 Å². The fourth-order valence-electron chi connectivity index (χ4n) is 5.92. The van der Waals surface area contributed by atoms with E-state index in [0.717, 1.165) is 6.42 Å². The van der Waals surface area contributed by atoms with Crippen molar-refractivity contribution in [3.8, 4) is 0 Å². The Kier molecular flexibility index (Phi) is 5.44. The van der Waals surface area contributed by atoms with Crippen molar-refractivity contribution >= 4 is 50.3 Å². The van der Waals surface area contributed by atoms with E-state index < -0.39 is 38.5 Å². The number of thioether (sulfide) groups is 1. The van der Waals surface area contributed by atoms with Gasteiger partial charge in [0.25, 0.3) is 21.9 Å². The van der Waals surface area contributed by atoms with E-state index in [0.29, 0.717) is 39.3 Å². The monoisotopic (exact) mass is 503 g/mol. The number of carbonyl (C=O) groups is 3. The third-order valence-electron chi connectivity index (χ3n) is 7.89. The second-order valence-electron chi connectivity index (χ2n) is 9.79. The van der Waals surface area contributed by atoms with Crippen LogP contribution in [0, 0.1) is 16.7 Å². The summed E-state index contributed by atoms with van der Waals surface area (Å²) in [6.45, 7) is 3.77. The fraction of sp³-hybridized carbons (Fsp3) is 0.458. The molecule has 2 aromatic carbocycles. The molecule has 5 rings (SSSR count). The van der Waals surface area contributed by atoms with Gasteiger partial charge in [0.1, 0.15) is 5.78 Å². The number of ketones is 1. The van der Waals surface area contributed by atoms with Crippen LogP contribution in [0.5, 0.6) is 0 Å². The van der Waals surface area contributed by atoms with Gasteiger partial charge in [-0.05, 0) is 47.8 Å². The first-order valence-electron chi connectivity index (χ1n) is 11.2. The number of nitrogens with zero attached hydrogens (tertiary/aromatic N) is 1. The zero-order valence-electron chi connectivity index (χ0n) is 18.9. The Hall–Kier alpha value is -2.27. The van der Waals surface area contributed by atoms with Crippen molar-refractivity contribution in [1.29, 1.82) is 0 Å². The Morgan fingerprint density at radius 3 is 2.53 bits per heavy atom. The molecule has 0 spiro atoms. The molecule has 180 valence electrons. The number of aliphatic hydroxyl groups is 1. The predicted octanol–water partition coefficient (Wildman–Crippen LogP) is 3.18. The predicted molar refractivity (Wildman–Crippen MR) is 126 cm³/mol. The van der Waals surface area contributed by atoms with Gasteiger partial charge >= 0.3 is 0 Å². The van der Waals surface area contributed by atoms with E-state index in [-0.39, 0.29) is 29.4 Å². The van der Waals surface area contributed by atoms with Crippen molar-refractivity contribution in [2.24, 2.45) is 16.7 Å². The van der Waals surface area contributed by atoms with Crippen LogP contribution in [-0.2, 0) is 19.2 Å². The molecule has 1 heterocycles. The molecule has 0 saturated heterocycles. The first-order chi connectivity index (χ1) is 16.0. The minimum atomic E-state index is -4.45. The lowest BCUT2D eigenvalue weighted by Gasteiger charge is -2.36. The fourth-order valence-corrected chi connectivity index (χ4v) is 8.36. The van der Waals surface area contributed by atoms with Crippen LogP contribution in [0.1, 0.15) is 53.8 Å². The number of benzene rings is 2. The van der Waals surface area contributed by atoms with Gasteiger partial charge in [-0.1, -0.05) is 26.0 Å². The maximum Gasteiger partial charge on any atom is 0.289 e. The third-order valence-corrected chi connectivity index (χ3v) is 10.1. The molecule has 1 N–H and O–H groups in total. The van der Waals surface area contributed by atoms with E-state index in [4.69, 9.17) is 9.39 Å². The second kappa shape index (κ2) is 7.87. The Balaban J connectivity index is 1.49. The lowest BCUT2D eigenvalue weighted by Crippen LogP contribution is -2.46. The number of imide groups is 1. The number of fused-ring (bicyclic) bond motifs is 2. The van der Waals surface area contributed by atoms with Crippen LogP contribution < -0.4 is 0 Å². The second-order valence-corrected chi connectivity index (χ2v) is 12.5. The van der Waals surface area contributed by atoms with Crippen LogP contribution in [0.2, 0.25) is 0 Å². The van der Waals surface area contributed by atoms with E-state index in [9.17, 15) is 22.8 Å². The molecule has 2 aromatic rings. The molecule has 8 nitrogen and oxygen atoms in total. The summed E-state index contributed by atoms with van der Waals surface area (Å²) >= 11 is 1.34. The van der Waals surface area contributed by atoms with E-state index in [2.05, 4.69) is 0 Å². The summed E-state index contributed by atoms with van der Waals surface area (Å²) in [6.07, 6.45) is 1.55. The molecule has 2 aliphatic carbocycles. The maximum atomic E-state index is 13.3. The summed E-state index contributed by atoms with van der Waals surface area (Å²) in [7, 11) is -4.45. The largest absolute Gasteiger partial charge is 0.396 e. The van der Waals surface area contributed by atoms with Crippen molar-refractivity contribution in [1.82, 2.24) is 5.06 Å². The molecule has 2 atom stereocenters. The smallest absolute Gasteiger partial charge is 0.289 e. The summed E-state index contributed by atoms with van der Waals surface area (Å²) < 4.78 is 31.5. The summed E-state index contributed by atoms with van der Waals surface area (Å²) in [6, 6.07) is 8.34. The van der Waals surface area contributed by atoms with Gasteiger partial charge in [0.15, 0.2) is 0 Å². The van der Waals surface area contributed by atoms with Crippen LogP contribution in [0.4, 0.5) is 0 Å². The number of rotatable bonds is 7. The quantitative estimate of drug-likeness (QED) is 0.452. The average molecular weight is 504 g/mol. The molecule has 2 bridgehead atoms. The highest BCUT2D eigenvalue weighted by atomic mass is 32.2. The van der Waals surface area contributed by atoms with E-state index in [1.165, 1.54) is 17.8 Å². The third kappa shape index (κ3) is 3.34. The first kappa shape index (κ1) is 23.5. The minimum absolute atomic E-state index is 0.0460. The summed E-state index contributed by atoms with van der Waals surface area (Å²) in [5, 5.41) is 10.6. The maximum absolute atomic E-state index is 13.3. The van der Waals surface area contributed by atoms with Gasteiger partial charge < -0.3 is 5.11 Å². The normalized spacial score (nSPS) is 25.6. The highest BCUT2D eigenvalue weighted by molar-refractivity contribution is 7.99. The minimum Gasteiger partial charge on any atom is -0.396 e. The Morgan fingerprint density at radius 1 is 1.15 bits per heavy atom. The van der Waals surface area contributed by atoms with Crippen LogP contribution in [0.25, 0.3) is 10.8 Å². The van der Waals surface area contributed by atoms with Crippen LogP contribution in [-0.4, -0.2) is 54.3 Å². The van der Waals surface area contributed by atoms with Gasteiger partial charge in [-0.2, -0.15) is 8.42 Å². The molecular formula is C24H25NO7S2. The van der Waals surface area contributed by atoms with Crippen molar-refractivity contribution < 1.29 is 32.2 Å². The lowest BCUT2D eigenvalue weighted by molar-refractivity contribution is -0.128. The van der Waals surface area contributed by atoms with Crippen molar-refractivity contribution in [2.75, 3.05) is 18.1 Å². The average Bonchev–Trinajstić information content (AvgIpc) is 3.12. The highest BCUT2D eigenvalue weighted by Crippen LogP contribution is 2.64. The Bertz CT molecular complexity index is 1350. The summed E-state index contributed by atoms with van der Waals surface area (Å²) in [5.74, 6) is -1.86. The standard InChI is InChI=1S/C24H25NO7S2/c1-23(2)15-6-7-24(23,19(27)11-15)13-34(30,31)32-25-21(28)17-5-3-4-14-10-16(33-9-8-26)12-18(20(14)17)22(25)29/h3-5,10,12,15,26H,6-9,11,13H2,1-2H3. The number of amides is 2. The van der Waals surface area contributed by atoms with Crippen LogP contribution in [0.3, 0.4) is 0 Å². The van der Waals surface area contributed by atoms with Gasteiger partial charge in [-0.25, -0.2) is 0 Å². The zero-order chi connectivity index (χ0) is 24.5. The van der Waals surface area contributed by atoms with Crippen LogP contribution >= 0.6 is 11.8 Å². The molecule has 10 heteroatoms. The number of hydrogen-bond acceptors (Lipinski definition) is 8. The first-order valence-corrected chi connectivity index (χ1v) is 13.7. The van der Waals surface area contributed by atoms with Crippen LogP contribution in [0.15, 0.2) is 35.2 Å². The van der Waals surface area contributed by atoms with Crippen molar-refractivity contribution in [3.63, 3.8) is 0 Å². The molecule has 0 aromatic heterocycles. The Labute approximate surface area is 201 Å². The molecule has 2 saturated carbocycles. The number of carbonyl (C=O) groups excluding carboxylic acids is 3. The SMILES string of the molecule is CC1(C)C2CCC1(CS(=O)(=O)ON1C(=O)c3cccc4cc(SCCO)cc(c34)C1=O)C(=O)C2. The van der Waals surface area contributed by atoms with E-state index >= 15 is 0 Å². The van der Waals surface area contributed by atoms with Crippen molar-refractivity contribution in [3.05, 3.63) is 41.5 Å². The van der Waals surface area contributed by atoms with Gasteiger partial charge in [-0.3, -0.25) is 14.4 Å². The van der Waals surface area contributed by atoms with E-state index in [1.54, 1.807) is 18.2 Å². The molecule has 3 aliphatic rings. The number of hydroxylamine groups is 2. The topological polar surface area (TPSA) is 118 Å². The Morgan fingerprint density at radius 2 is 1.88 bits per heavy atom. The lowest BCUT2D eigenvalue weighted by atomic mass is 9.70. The molecule has 2 unspecified atom stereocenters. The molecule has 2 fully saturated rings. The molecule has 34 heavy (non-hydrogen) atoms. The van der Waals surface area contributed by atoms with Crippen molar-refractivity contribution in [2.45, 2.75) is 38.0 Å². The number of hydrogen-bond donors (Lipinski definition) is 1. The molecular weight excluding hydrogens is 478 g/mol. The van der Waals surface area contributed by atoms with E-state index in [1.807, 2.05) is 19.9 Å². The molecule has 1 aliphatic heterocycles. The summed E-state index contributed by atoms with van der Waals surface area (Å²) in [5.41, 5.74) is -1.27. The van der Waals surface area contributed by atoms with Gasteiger partial charge in [-0.15, -0.1) is 21.1 Å². The number of Topliss-reactive ketones (excluding diaryl/α,β-unsaturated/α-hetero) is 1. The summed E-state index contributed by atoms with van der Waals surface area (Å²) in [4.78, 5) is 39.9. The molecule has 0 radical (unpaired) electrons. The zero-order valence-corrected chi connectivity index (χ0v) is 20.5. The van der Waals surface area contributed by atoms with Gasteiger partial charge in [0.2, 0.25) is 0 Å².